The lowest BCUT2D eigenvalue weighted by Crippen LogP contribution is -2.35. The van der Waals surface area contributed by atoms with E-state index in [1.165, 1.54) is 25.9 Å². The van der Waals surface area contributed by atoms with Crippen LogP contribution in [-0.2, 0) is 0 Å². The van der Waals surface area contributed by atoms with Crippen LogP contribution in [-0.4, -0.2) is 46.6 Å². The minimum atomic E-state index is -0.929. The number of aromatic carboxylic acids is 1. The summed E-state index contributed by atoms with van der Waals surface area (Å²) in [7, 11) is 0. The molecule has 19 heavy (non-hydrogen) atoms. The van der Waals surface area contributed by atoms with Gasteiger partial charge in [-0.15, -0.1) is 0 Å². The summed E-state index contributed by atoms with van der Waals surface area (Å²) in [6, 6.07) is 3.81. The molecule has 1 saturated heterocycles. The van der Waals surface area contributed by atoms with E-state index in [9.17, 15) is 4.79 Å². The van der Waals surface area contributed by atoms with Gasteiger partial charge in [0.15, 0.2) is 0 Å². The third kappa shape index (κ3) is 3.44. The Morgan fingerprint density at radius 2 is 2.16 bits per heavy atom. The number of nitrogens with one attached hydrogen (secondary N) is 1. The van der Waals surface area contributed by atoms with E-state index in [1.54, 1.807) is 19.1 Å². The SMILES string of the molecule is Cc1nc(NCC(C)N2CCCC2)ccc1C(=O)O. The van der Waals surface area contributed by atoms with Crippen LogP contribution < -0.4 is 5.32 Å². The van der Waals surface area contributed by atoms with Gasteiger partial charge in [0.25, 0.3) is 0 Å². The molecule has 1 unspecified atom stereocenters. The van der Waals surface area contributed by atoms with Crippen LogP contribution in [0.15, 0.2) is 12.1 Å². The van der Waals surface area contributed by atoms with Crippen molar-refractivity contribution in [1.82, 2.24) is 9.88 Å². The number of hydrogen-bond acceptors (Lipinski definition) is 4. The molecule has 1 aliphatic heterocycles. The van der Waals surface area contributed by atoms with E-state index in [1.807, 2.05) is 0 Å². The van der Waals surface area contributed by atoms with E-state index in [0.29, 0.717) is 11.7 Å². The van der Waals surface area contributed by atoms with Gasteiger partial charge >= 0.3 is 5.97 Å². The lowest BCUT2D eigenvalue weighted by atomic mass is 10.2. The van der Waals surface area contributed by atoms with Gasteiger partial charge in [-0.3, -0.25) is 4.90 Å². The molecule has 1 aromatic heterocycles. The number of carboxylic acid groups (broad SMARTS) is 1. The van der Waals surface area contributed by atoms with E-state index >= 15 is 0 Å². The average Bonchev–Trinajstić information content (AvgIpc) is 2.89. The maximum Gasteiger partial charge on any atom is 0.337 e. The van der Waals surface area contributed by atoms with E-state index < -0.39 is 5.97 Å². The summed E-state index contributed by atoms with van der Waals surface area (Å²) in [5.41, 5.74) is 0.810. The summed E-state index contributed by atoms with van der Waals surface area (Å²) in [4.78, 5) is 17.7. The average molecular weight is 263 g/mol. The van der Waals surface area contributed by atoms with Crippen LogP contribution in [0.2, 0.25) is 0 Å². The number of aryl methyl sites for hydroxylation is 1. The van der Waals surface area contributed by atoms with Crippen LogP contribution in [0.5, 0.6) is 0 Å². The van der Waals surface area contributed by atoms with Crippen molar-refractivity contribution in [2.75, 3.05) is 25.0 Å². The highest BCUT2D eigenvalue weighted by Crippen LogP contribution is 2.14. The van der Waals surface area contributed by atoms with Gasteiger partial charge < -0.3 is 10.4 Å². The molecule has 0 aliphatic carbocycles. The number of nitrogens with zero attached hydrogens (tertiary/aromatic N) is 2. The molecule has 0 spiro atoms. The van der Waals surface area contributed by atoms with Crippen molar-refractivity contribution in [2.45, 2.75) is 32.7 Å². The molecule has 1 aromatic rings. The van der Waals surface area contributed by atoms with Crippen LogP contribution in [0.1, 0.15) is 35.8 Å². The quantitative estimate of drug-likeness (QED) is 0.850. The minimum absolute atomic E-state index is 0.262. The Labute approximate surface area is 113 Å². The topological polar surface area (TPSA) is 65.5 Å². The van der Waals surface area contributed by atoms with Gasteiger partial charge in [-0.05, 0) is 51.9 Å². The molecule has 2 N–H and O–H groups in total. The Balaban J connectivity index is 1.92. The largest absolute Gasteiger partial charge is 0.478 e. The first-order valence-electron chi connectivity index (χ1n) is 6.77. The molecule has 0 saturated carbocycles. The van der Waals surface area contributed by atoms with E-state index in [4.69, 9.17) is 5.11 Å². The highest BCUT2D eigenvalue weighted by molar-refractivity contribution is 5.89. The smallest absolute Gasteiger partial charge is 0.337 e. The van der Waals surface area contributed by atoms with Crippen molar-refractivity contribution in [3.05, 3.63) is 23.4 Å². The monoisotopic (exact) mass is 263 g/mol. The molecular weight excluding hydrogens is 242 g/mol. The summed E-state index contributed by atoms with van der Waals surface area (Å²) in [6.07, 6.45) is 2.57. The Bertz CT molecular complexity index is 456. The standard InChI is InChI=1S/C14H21N3O2/c1-10(17-7-3-4-8-17)9-15-13-6-5-12(14(18)19)11(2)16-13/h5-6,10H,3-4,7-9H2,1-2H3,(H,15,16)(H,18,19). The van der Waals surface area contributed by atoms with Crippen LogP contribution in [0, 0.1) is 6.92 Å². The van der Waals surface area contributed by atoms with Gasteiger partial charge in [-0.25, -0.2) is 9.78 Å². The molecule has 5 heteroatoms. The van der Waals surface area contributed by atoms with E-state index in [-0.39, 0.29) is 5.56 Å². The van der Waals surface area contributed by atoms with Crippen molar-refractivity contribution in [2.24, 2.45) is 0 Å². The Morgan fingerprint density at radius 1 is 1.47 bits per heavy atom. The van der Waals surface area contributed by atoms with Crippen molar-refractivity contribution in [1.29, 1.82) is 0 Å². The second-order valence-corrected chi connectivity index (χ2v) is 5.11. The maximum absolute atomic E-state index is 10.9. The minimum Gasteiger partial charge on any atom is -0.478 e. The number of anilines is 1. The highest BCUT2D eigenvalue weighted by atomic mass is 16.4. The number of pyridine rings is 1. The lowest BCUT2D eigenvalue weighted by Gasteiger charge is -2.24. The Morgan fingerprint density at radius 3 is 2.74 bits per heavy atom. The fourth-order valence-corrected chi connectivity index (χ4v) is 2.45. The third-order valence-electron chi connectivity index (χ3n) is 3.66. The second kappa shape index (κ2) is 6.02. The molecule has 2 rings (SSSR count). The third-order valence-corrected chi connectivity index (χ3v) is 3.66. The summed E-state index contributed by atoms with van der Waals surface area (Å²) < 4.78 is 0. The molecule has 0 radical (unpaired) electrons. The zero-order chi connectivity index (χ0) is 13.8. The summed E-state index contributed by atoms with van der Waals surface area (Å²) >= 11 is 0. The first-order valence-corrected chi connectivity index (χ1v) is 6.77. The molecule has 1 fully saturated rings. The van der Waals surface area contributed by atoms with Gasteiger partial charge in [-0.1, -0.05) is 0 Å². The van der Waals surface area contributed by atoms with Gasteiger partial charge in [-0.2, -0.15) is 0 Å². The number of carbonyl (C=O) groups is 1. The maximum atomic E-state index is 10.9. The van der Waals surface area contributed by atoms with Crippen LogP contribution in [0.25, 0.3) is 0 Å². The van der Waals surface area contributed by atoms with E-state index in [0.717, 1.165) is 12.4 Å². The van der Waals surface area contributed by atoms with Crippen LogP contribution >= 0.6 is 0 Å². The first-order chi connectivity index (χ1) is 9.08. The fraction of sp³-hybridized carbons (Fsp3) is 0.571. The van der Waals surface area contributed by atoms with Gasteiger partial charge in [0, 0.05) is 12.6 Å². The van der Waals surface area contributed by atoms with Crippen molar-refractivity contribution in [3.8, 4) is 0 Å². The molecule has 5 nitrogen and oxygen atoms in total. The molecule has 0 amide bonds. The summed E-state index contributed by atoms with van der Waals surface area (Å²) in [5, 5.41) is 12.2. The Kier molecular flexibility index (Phi) is 4.37. The fourth-order valence-electron chi connectivity index (χ4n) is 2.45. The van der Waals surface area contributed by atoms with Crippen molar-refractivity contribution >= 4 is 11.8 Å². The zero-order valence-electron chi connectivity index (χ0n) is 11.5. The number of hydrogen-bond donors (Lipinski definition) is 2. The van der Waals surface area contributed by atoms with Crippen LogP contribution in [0.4, 0.5) is 5.82 Å². The highest BCUT2D eigenvalue weighted by Gasteiger charge is 2.17. The number of aromatic nitrogens is 1. The van der Waals surface area contributed by atoms with Gasteiger partial charge in [0.05, 0.1) is 11.3 Å². The van der Waals surface area contributed by atoms with Crippen LogP contribution in [0.3, 0.4) is 0 Å². The molecule has 104 valence electrons. The lowest BCUT2D eigenvalue weighted by molar-refractivity contribution is 0.0695. The number of likely N-dealkylation sites (tertiary alicyclic amines) is 1. The van der Waals surface area contributed by atoms with Gasteiger partial charge in [0.2, 0.25) is 0 Å². The zero-order valence-corrected chi connectivity index (χ0v) is 11.5. The molecule has 1 atom stereocenters. The normalized spacial score (nSPS) is 17.4. The van der Waals surface area contributed by atoms with E-state index in [2.05, 4.69) is 22.1 Å². The summed E-state index contributed by atoms with van der Waals surface area (Å²) in [6.45, 7) is 7.11. The predicted octanol–water partition coefficient (Wildman–Crippen LogP) is 1.98. The second-order valence-electron chi connectivity index (χ2n) is 5.11. The molecular formula is C14H21N3O2. The molecule has 0 bridgehead atoms. The molecule has 2 heterocycles. The van der Waals surface area contributed by atoms with Gasteiger partial charge in [0.1, 0.15) is 5.82 Å². The molecule has 0 aromatic carbocycles. The summed E-state index contributed by atoms with van der Waals surface area (Å²) in [5.74, 6) is -0.185. The first kappa shape index (κ1) is 13.8. The predicted molar refractivity (Wildman–Crippen MR) is 74.7 cm³/mol. The Hall–Kier alpha value is -1.62. The van der Waals surface area contributed by atoms with Crippen molar-refractivity contribution < 1.29 is 9.90 Å². The number of carboxylic acids is 1. The number of rotatable bonds is 5. The van der Waals surface area contributed by atoms with Crippen molar-refractivity contribution in [3.63, 3.8) is 0 Å². The molecule has 1 aliphatic rings.